The Kier molecular flexibility index (Phi) is 3.74. The van der Waals surface area contributed by atoms with Gasteiger partial charge in [0.25, 0.3) is 0 Å². The number of benzene rings is 1. The van der Waals surface area contributed by atoms with Crippen molar-refractivity contribution in [2.45, 2.75) is 13.5 Å². The van der Waals surface area contributed by atoms with Crippen LogP contribution in [0.1, 0.15) is 5.69 Å². The normalized spacial score (nSPS) is 10.6. The predicted octanol–water partition coefficient (Wildman–Crippen LogP) is 2.39. The van der Waals surface area contributed by atoms with Gasteiger partial charge >= 0.3 is 0 Å². The van der Waals surface area contributed by atoms with Gasteiger partial charge in [-0.3, -0.25) is 14.5 Å². The van der Waals surface area contributed by atoms with E-state index in [9.17, 15) is 4.79 Å². The first-order valence-electron chi connectivity index (χ1n) is 6.88. The zero-order valence-electron chi connectivity index (χ0n) is 12.4. The molecule has 0 saturated carbocycles. The first-order chi connectivity index (χ1) is 10.7. The lowest BCUT2D eigenvalue weighted by atomic mass is 10.2. The van der Waals surface area contributed by atoms with Crippen molar-refractivity contribution in [3.05, 3.63) is 48.4 Å². The molecule has 1 N–H and O–H groups in total. The zero-order chi connectivity index (χ0) is 15.5. The van der Waals surface area contributed by atoms with Crippen LogP contribution in [0.4, 0.5) is 5.69 Å². The molecule has 1 amide bonds. The molecule has 0 aliphatic heterocycles. The molecule has 0 aliphatic rings. The Hall–Kier alpha value is -2.89. The number of nitrogens with one attached hydrogen (secondary N) is 1. The molecule has 0 spiro atoms. The number of ether oxygens (including phenoxy) is 1. The Morgan fingerprint density at radius 3 is 2.91 bits per heavy atom. The van der Waals surface area contributed by atoms with Crippen LogP contribution >= 0.6 is 0 Å². The van der Waals surface area contributed by atoms with Crippen LogP contribution in [-0.2, 0) is 11.3 Å². The first-order valence-corrected chi connectivity index (χ1v) is 6.88. The molecule has 0 radical (unpaired) electrons. The number of aromatic nitrogens is 3. The van der Waals surface area contributed by atoms with Crippen molar-refractivity contribution in [2.24, 2.45) is 0 Å². The van der Waals surface area contributed by atoms with Crippen molar-refractivity contribution >= 4 is 22.5 Å². The van der Waals surface area contributed by atoms with E-state index in [4.69, 9.17) is 4.74 Å². The number of carbonyl (C=O) groups excluding carboxylic acids is 1. The average molecular weight is 296 g/mol. The van der Waals surface area contributed by atoms with Gasteiger partial charge in [0, 0.05) is 23.3 Å². The average Bonchev–Trinajstić information content (AvgIpc) is 2.91. The van der Waals surface area contributed by atoms with Crippen molar-refractivity contribution in [1.29, 1.82) is 0 Å². The maximum atomic E-state index is 12.0. The smallest absolute Gasteiger partial charge is 0.246 e. The van der Waals surface area contributed by atoms with Crippen LogP contribution in [0.2, 0.25) is 0 Å². The monoisotopic (exact) mass is 296 g/mol. The van der Waals surface area contributed by atoms with Crippen LogP contribution in [0.5, 0.6) is 5.75 Å². The fraction of sp³-hybridized carbons (Fsp3) is 0.188. The summed E-state index contributed by atoms with van der Waals surface area (Å²) in [5, 5.41) is 7.87. The highest BCUT2D eigenvalue weighted by Gasteiger charge is 2.07. The number of nitrogens with zero attached hydrogens (tertiary/aromatic N) is 3. The molecule has 0 bridgehead atoms. The Morgan fingerprint density at radius 2 is 2.18 bits per heavy atom. The van der Waals surface area contributed by atoms with Gasteiger partial charge in [-0.25, -0.2) is 0 Å². The standard InChI is InChI=1S/C16H16N4O2/c1-11-5-6-18-20(11)10-16(21)19-13-7-12-3-4-14(22-2)8-15(12)17-9-13/h3-9H,10H2,1-2H3,(H,19,21). The third-order valence-electron chi connectivity index (χ3n) is 3.40. The number of rotatable bonds is 4. The summed E-state index contributed by atoms with van der Waals surface area (Å²) in [7, 11) is 1.62. The molecule has 0 aliphatic carbocycles. The number of pyridine rings is 1. The van der Waals surface area contributed by atoms with Gasteiger partial charge in [0.15, 0.2) is 0 Å². The van der Waals surface area contributed by atoms with Gasteiger partial charge in [0.1, 0.15) is 12.3 Å². The molecule has 112 valence electrons. The number of amides is 1. The van der Waals surface area contributed by atoms with Crippen molar-refractivity contribution in [3.8, 4) is 5.75 Å². The van der Waals surface area contributed by atoms with Gasteiger partial charge in [0.2, 0.25) is 5.91 Å². The number of hydrogen-bond donors (Lipinski definition) is 1. The number of carbonyl (C=O) groups is 1. The van der Waals surface area contributed by atoms with Crippen molar-refractivity contribution < 1.29 is 9.53 Å². The molecule has 2 aromatic heterocycles. The third-order valence-corrected chi connectivity index (χ3v) is 3.40. The second-order valence-electron chi connectivity index (χ2n) is 4.96. The molecule has 6 heteroatoms. The Balaban J connectivity index is 1.76. The number of fused-ring (bicyclic) bond motifs is 1. The van der Waals surface area contributed by atoms with Crippen molar-refractivity contribution in [3.63, 3.8) is 0 Å². The molecule has 0 fully saturated rings. The second-order valence-corrected chi connectivity index (χ2v) is 4.96. The maximum Gasteiger partial charge on any atom is 0.246 e. The van der Waals surface area contributed by atoms with Gasteiger partial charge in [-0.15, -0.1) is 0 Å². The van der Waals surface area contributed by atoms with Crippen LogP contribution in [-0.4, -0.2) is 27.8 Å². The molecule has 6 nitrogen and oxygen atoms in total. The number of aryl methyl sites for hydroxylation is 1. The number of anilines is 1. The van der Waals surface area contributed by atoms with Crippen molar-refractivity contribution in [1.82, 2.24) is 14.8 Å². The third kappa shape index (κ3) is 2.90. The minimum absolute atomic E-state index is 0.138. The van der Waals surface area contributed by atoms with Crippen LogP contribution in [0.15, 0.2) is 42.7 Å². The van der Waals surface area contributed by atoms with Crippen LogP contribution in [0.25, 0.3) is 10.9 Å². The summed E-state index contributed by atoms with van der Waals surface area (Å²) in [5.74, 6) is 0.618. The molecule has 3 aromatic rings. The summed E-state index contributed by atoms with van der Waals surface area (Å²) in [6.45, 7) is 2.09. The molecule has 0 atom stereocenters. The Labute approximate surface area is 127 Å². The highest BCUT2D eigenvalue weighted by Crippen LogP contribution is 2.21. The van der Waals surface area contributed by atoms with E-state index >= 15 is 0 Å². The number of methoxy groups -OCH3 is 1. The molecule has 2 heterocycles. The molecule has 22 heavy (non-hydrogen) atoms. The first kappa shape index (κ1) is 14.1. The summed E-state index contributed by atoms with van der Waals surface area (Å²) in [6, 6.07) is 9.37. The van der Waals surface area contributed by atoms with E-state index in [0.717, 1.165) is 22.3 Å². The highest BCUT2D eigenvalue weighted by molar-refractivity contribution is 5.93. The second kappa shape index (κ2) is 5.85. The topological polar surface area (TPSA) is 69.0 Å². The molecular formula is C16H16N4O2. The summed E-state index contributed by atoms with van der Waals surface area (Å²) in [6.07, 6.45) is 3.31. The van der Waals surface area contributed by atoms with E-state index in [1.54, 1.807) is 24.2 Å². The van der Waals surface area contributed by atoms with Gasteiger partial charge in [-0.05, 0) is 31.2 Å². The SMILES string of the molecule is COc1ccc2cc(NC(=O)Cn3nccc3C)cnc2c1. The van der Waals surface area contributed by atoms with E-state index in [1.807, 2.05) is 37.3 Å². The molecule has 0 unspecified atom stereocenters. The lowest BCUT2D eigenvalue weighted by molar-refractivity contribution is -0.116. The molecule has 0 saturated heterocycles. The number of hydrogen-bond acceptors (Lipinski definition) is 4. The van der Waals surface area contributed by atoms with E-state index in [-0.39, 0.29) is 12.5 Å². The molecule has 1 aromatic carbocycles. The Morgan fingerprint density at radius 1 is 1.32 bits per heavy atom. The molecule has 3 rings (SSSR count). The summed E-state index contributed by atoms with van der Waals surface area (Å²) >= 11 is 0. The Bertz CT molecular complexity index is 826. The van der Waals surface area contributed by atoms with E-state index in [0.29, 0.717) is 5.69 Å². The van der Waals surface area contributed by atoms with Crippen LogP contribution < -0.4 is 10.1 Å². The fourth-order valence-electron chi connectivity index (χ4n) is 2.20. The predicted molar refractivity (Wildman–Crippen MR) is 83.9 cm³/mol. The van der Waals surface area contributed by atoms with E-state index < -0.39 is 0 Å². The van der Waals surface area contributed by atoms with Gasteiger partial charge in [-0.1, -0.05) is 0 Å². The zero-order valence-corrected chi connectivity index (χ0v) is 12.4. The quantitative estimate of drug-likeness (QED) is 0.802. The summed E-state index contributed by atoms with van der Waals surface area (Å²) in [4.78, 5) is 16.4. The largest absolute Gasteiger partial charge is 0.497 e. The van der Waals surface area contributed by atoms with Crippen LogP contribution in [0, 0.1) is 6.92 Å². The minimum Gasteiger partial charge on any atom is -0.497 e. The lowest BCUT2D eigenvalue weighted by Crippen LogP contribution is -2.20. The minimum atomic E-state index is -0.138. The van der Waals surface area contributed by atoms with E-state index in [1.165, 1.54) is 0 Å². The highest BCUT2D eigenvalue weighted by atomic mass is 16.5. The van der Waals surface area contributed by atoms with Gasteiger partial charge in [-0.2, -0.15) is 5.10 Å². The summed E-state index contributed by atoms with van der Waals surface area (Å²) < 4.78 is 6.82. The maximum absolute atomic E-state index is 12.0. The van der Waals surface area contributed by atoms with Gasteiger partial charge < -0.3 is 10.1 Å². The molecular weight excluding hydrogens is 280 g/mol. The fourth-order valence-corrected chi connectivity index (χ4v) is 2.20. The van der Waals surface area contributed by atoms with Gasteiger partial charge in [0.05, 0.1) is 24.5 Å². The van der Waals surface area contributed by atoms with Crippen LogP contribution in [0.3, 0.4) is 0 Å². The summed E-state index contributed by atoms with van der Waals surface area (Å²) in [5.41, 5.74) is 2.42. The van der Waals surface area contributed by atoms with E-state index in [2.05, 4.69) is 15.4 Å². The van der Waals surface area contributed by atoms with Crippen molar-refractivity contribution in [2.75, 3.05) is 12.4 Å². The lowest BCUT2D eigenvalue weighted by Gasteiger charge is -2.08.